The van der Waals surface area contributed by atoms with Crippen molar-refractivity contribution in [3.8, 4) is 5.75 Å². The molecular formula is C24H25FN2O4S. The highest BCUT2D eigenvalue weighted by Gasteiger charge is 2.15. The maximum atomic E-state index is 13.3. The summed E-state index contributed by atoms with van der Waals surface area (Å²) in [5.74, 6) is -0.248. The van der Waals surface area contributed by atoms with Crippen molar-refractivity contribution in [1.82, 2.24) is 10.2 Å². The van der Waals surface area contributed by atoms with Gasteiger partial charge >= 0.3 is 16.1 Å². The topological polar surface area (TPSA) is 75.7 Å². The van der Waals surface area contributed by atoms with Crippen LogP contribution in [0.4, 0.5) is 9.18 Å². The van der Waals surface area contributed by atoms with Crippen LogP contribution in [0.3, 0.4) is 0 Å². The average molecular weight is 457 g/mol. The number of hydrogen-bond acceptors (Lipinski definition) is 4. The second kappa shape index (κ2) is 10.8. The van der Waals surface area contributed by atoms with E-state index in [4.69, 9.17) is 4.18 Å². The molecule has 0 aliphatic carbocycles. The van der Waals surface area contributed by atoms with Crippen molar-refractivity contribution in [2.45, 2.75) is 26.6 Å². The van der Waals surface area contributed by atoms with Crippen LogP contribution < -0.4 is 9.50 Å². The van der Waals surface area contributed by atoms with E-state index >= 15 is 0 Å². The fourth-order valence-corrected chi connectivity index (χ4v) is 3.49. The van der Waals surface area contributed by atoms with E-state index < -0.39 is 10.1 Å². The standard InChI is InChI=1S/C24H25FN2O4S/c1-2-32(29,30)31-23-14-10-21(11-15-23)18-27(17-20-8-12-22(25)13-9-20)24(28)26-16-19-6-4-3-5-7-19/h3-15H,2,16-18H2,1H3,(H,26,28). The van der Waals surface area contributed by atoms with E-state index in [0.717, 1.165) is 16.7 Å². The predicted octanol–water partition coefficient (Wildman–Crippen LogP) is 4.47. The molecule has 0 aliphatic rings. The summed E-state index contributed by atoms with van der Waals surface area (Å²) in [4.78, 5) is 14.5. The molecule has 8 heteroatoms. The first-order chi connectivity index (χ1) is 15.3. The SMILES string of the molecule is CCS(=O)(=O)Oc1ccc(CN(Cc2ccc(F)cc2)C(=O)NCc2ccccc2)cc1. The van der Waals surface area contributed by atoms with Crippen LogP contribution in [0.5, 0.6) is 5.75 Å². The zero-order valence-corrected chi connectivity index (χ0v) is 18.5. The monoisotopic (exact) mass is 456 g/mol. The van der Waals surface area contributed by atoms with Gasteiger partial charge in [-0.3, -0.25) is 0 Å². The third kappa shape index (κ3) is 7.09. The van der Waals surface area contributed by atoms with Crippen LogP contribution in [0.2, 0.25) is 0 Å². The van der Waals surface area contributed by atoms with Crippen molar-refractivity contribution in [3.05, 3.63) is 101 Å². The molecule has 0 saturated carbocycles. The Morgan fingerprint density at radius 3 is 2.00 bits per heavy atom. The van der Waals surface area contributed by atoms with Gasteiger partial charge in [0.2, 0.25) is 0 Å². The molecule has 0 radical (unpaired) electrons. The molecule has 168 valence electrons. The zero-order chi connectivity index (χ0) is 23.0. The van der Waals surface area contributed by atoms with Crippen LogP contribution in [0.25, 0.3) is 0 Å². The second-order valence-electron chi connectivity index (χ2n) is 7.20. The minimum Gasteiger partial charge on any atom is -0.382 e. The average Bonchev–Trinajstić information content (AvgIpc) is 2.80. The first kappa shape index (κ1) is 23.3. The molecule has 0 saturated heterocycles. The molecule has 3 rings (SSSR count). The van der Waals surface area contributed by atoms with Gasteiger partial charge in [-0.1, -0.05) is 54.6 Å². The smallest absolute Gasteiger partial charge is 0.318 e. The molecule has 2 amide bonds. The first-order valence-electron chi connectivity index (χ1n) is 10.2. The van der Waals surface area contributed by atoms with E-state index in [-0.39, 0.29) is 36.4 Å². The van der Waals surface area contributed by atoms with E-state index in [1.807, 2.05) is 30.3 Å². The fraction of sp³-hybridized carbons (Fsp3) is 0.208. The van der Waals surface area contributed by atoms with Crippen molar-refractivity contribution in [2.24, 2.45) is 0 Å². The summed E-state index contributed by atoms with van der Waals surface area (Å²) in [5, 5.41) is 2.91. The number of carbonyl (C=O) groups is 1. The molecule has 3 aromatic rings. The Labute approximate surface area is 187 Å². The van der Waals surface area contributed by atoms with Crippen molar-refractivity contribution < 1.29 is 21.8 Å². The Morgan fingerprint density at radius 2 is 1.44 bits per heavy atom. The number of amides is 2. The molecule has 0 aliphatic heterocycles. The van der Waals surface area contributed by atoms with Gasteiger partial charge in [-0.25, -0.2) is 9.18 Å². The maximum absolute atomic E-state index is 13.3. The van der Waals surface area contributed by atoms with Crippen LogP contribution in [0.15, 0.2) is 78.9 Å². The van der Waals surface area contributed by atoms with Crippen LogP contribution >= 0.6 is 0 Å². The molecule has 0 unspecified atom stereocenters. The van der Waals surface area contributed by atoms with Crippen molar-refractivity contribution in [3.63, 3.8) is 0 Å². The van der Waals surface area contributed by atoms with Gasteiger partial charge in [0.05, 0.1) is 5.75 Å². The Morgan fingerprint density at radius 1 is 0.875 bits per heavy atom. The van der Waals surface area contributed by atoms with Crippen molar-refractivity contribution in [1.29, 1.82) is 0 Å². The van der Waals surface area contributed by atoms with Gasteiger partial charge in [-0.2, -0.15) is 8.42 Å². The Kier molecular flexibility index (Phi) is 7.83. The van der Waals surface area contributed by atoms with E-state index in [2.05, 4.69) is 5.32 Å². The minimum atomic E-state index is -3.60. The number of benzene rings is 3. The Balaban J connectivity index is 1.72. The molecule has 6 nitrogen and oxygen atoms in total. The summed E-state index contributed by atoms with van der Waals surface area (Å²) >= 11 is 0. The predicted molar refractivity (Wildman–Crippen MR) is 121 cm³/mol. The van der Waals surface area contributed by atoms with E-state index in [1.54, 1.807) is 41.3 Å². The first-order valence-corrected chi connectivity index (χ1v) is 11.7. The van der Waals surface area contributed by atoms with E-state index in [9.17, 15) is 17.6 Å². The highest BCUT2D eigenvalue weighted by atomic mass is 32.2. The van der Waals surface area contributed by atoms with Crippen LogP contribution in [0.1, 0.15) is 23.6 Å². The number of rotatable bonds is 9. The van der Waals surface area contributed by atoms with Crippen LogP contribution in [-0.4, -0.2) is 25.1 Å². The van der Waals surface area contributed by atoms with Gasteiger partial charge in [0.25, 0.3) is 0 Å². The minimum absolute atomic E-state index is 0.123. The lowest BCUT2D eigenvalue weighted by Crippen LogP contribution is -2.38. The summed E-state index contributed by atoms with van der Waals surface area (Å²) in [6.07, 6.45) is 0. The number of urea groups is 1. The molecule has 3 aromatic carbocycles. The lowest BCUT2D eigenvalue weighted by molar-refractivity contribution is 0.192. The fourth-order valence-electron chi connectivity index (χ4n) is 2.97. The molecule has 32 heavy (non-hydrogen) atoms. The quantitative estimate of drug-likeness (QED) is 0.482. The normalized spacial score (nSPS) is 11.1. The molecule has 0 atom stereocenters. The molecule has 0 aromatic heterocycles. The second-order valence-corrected chi connectivity index (χ2v) is 9.06. The van der Waals surface area contributed by atoms with E-state index in [0.29, 0.717) is 6.54 Å². The van der Waals surface area contributed by atoms with Crippen LogP contribution in [0, 0.1) is 5.82 Å². The highest BCUT2D eigenvalue weighted by molar-refractivity contribution is 7.87. The summed E-state index contributed by atoms with van der Waals surface area (Å²) in [5.41, 5.74) is 2.56. The maximum Gasteiger partial charge on any atom is 0.318 e. The van der Waals surface area contributed by atoms with Crippen molar-refractivity contribution in [2.75, 3.05) is 5.75 Å². The van der Waals surface area contributed by atoms with Crippen LogP contribution in [-0.2, 0) is 29.8 Å². The third-order valence-corrected chi connectivity index (χ3v) is 5.89. The molecule has 0 bridgehead atoms. The van der Waals surface area contributed by atoms with Crippen molar-refractivity contribution >= 4 is 16.1 Å². The lowest BCUT2D eigenvalue weighted by atomic mass is 10.1. The van der Waals surface area contributed by atoms with Gasteiger partial charge in [-0.05, 0) is 47.9 Å². The number of halogens is 1. The lowest BCUT2D eigenvalue weighted by Gasteiger charge is -2.24. The number of nitrogens with zero attached hydrogens (tertiary/aromatic N) is 1. The summed E-state index contributed by atoms with van der Waals surface area (Å²) < 4.78 is 41.5. The number of hydrogen-bond donors (Lipinski definition) is 1. The summed E-state index contributed by atoms with van der Waals surface area (Å²) in [7, 11) is -3.60. The molecule has 1 N–H and O–H groups in total. The highest BCUT2D eigenvalue weighted by Crippen LogP contribution is 2.17. The molecule has 0 spiro atoms. The summed E-state index contributed by atoms with van der Waals surface area (Å²) in [6, 6.07) is 21.8. The summed E-state index contributed by atoms with van der Waals surface area (Å²) in [6.45, 7) is 2.44. The van der Waals surface area contributed by atoms with Gasteiger partial charge in [0.1, 0.15) is 11.6 Å². The Hall–Kier alpha value is -3.39. The molecule has 0 fully saturated rings. The van der Waals surface area contributed by atoms with Gasteiger partial charge < -0.3 is 14.4 Å². The Bertz CT molecular complexity index is 1120. The van der Waals surface area contributed by atoms with Gasteiger partial charge in [0, 0.05) is 19.6 Å². The zero-order valence-electron chi connectivity index (χ0n) is 17.7. The number of nitrogens with one attached hydrogen (secondary N) is 1. The molecular weight excluding hydrogens is 431 g/mol. The number of carbonyl (C=O) groups excluding carboxylic acids is 1. The van der Waals surface area contributed by atoms with Gasteiger partial charge in [0.15, 0.2) is 0 Å². The third-order valence-electron chi connectivity index (χ3n) is 4.73. The largest absolute Gasteiger partial charge is 0.382 e. The van der Waals surface area contributed by atoms with Gasteiger partial charge in [-0.15, -0.1) is 0 Å². The molecule has 0 heterocycles. The van der Waals surface area contributed by atoms with E-state index in [1.165, 1.54) is 19.1 Å².